The fourth-order valence-corrected chi connectivity index (χ4v) is 5.44. The second-order valence-electron chi connectivity index (χ2n) is 11.5. The van der Waals surface area contributed by atoms with Gasteiger partial charge in [0.15, 0.2) is 0 Å². The summed E-state index contributed by atoms with van der Waals surface area (Å²) in [6.07, 6.45) is 8.68. The van der Waals surface area contributed by atoms with Crippen molar-refractivity contribution < 1.29 is 49.0 Å². The summed E-state index contributed by atoms with van der Waals surface area (Å²) >= 11 is 5.95. The zero-order valence-corrected chi connectivity index (χ0v) is 27.5. The van der Waals surface area contributed by atoms with E-state index in [9.17, 15) is 35.0 Å². The Morgan fingerprint density at radius 1 is 0.979 bits per heavy atom. The number of hydrogen-bond acceptors (Lipinski definition) is 11. The number of halogens is 1. The van der Waals surface area contributed by atoms with Crippen LogP contribution in [0.5, 0.6) is 11.5 Å². The predicted molar refractivity (Wildman–Crippen MR) is 177 cm³/mol. The van der Waals surface area contributed by atoms with Gasteiger partial charge >= 0.3 is 11.9 Å². The van der Waals surface area contributed by atoms with Crippen molar-refractivity contribution in [2.45, 2.75) is 76.1 Å². The molecular weight excluding hydrogens is 646 g/mol. The Hall–Kier alpha value is -3.97. The van der Waals surface area contributed by atoms with E-state index >= 15 is 0 Å². The number of ether oxygens (including phenoxy) is 3. The molecule has 13 heteroatoms. The number of rotatable bonds is 21. The van der Waals surface area contributed by atoms with E-state index in [0.29, 0.717) is 55.0 Å². The Morgan fingerprint density at radius 3 is 2.50 bits per heavy atom. The Bertz CT molecular complexity index is 1350. The standard InChI is InChI=1S/C35H44ClNO11/c36-26-8-7-9-29(22-26)46-24-27(38)15-18-31-30(32(39)23-33(31)40)10-3-1-2-4-12-35(42)48-28-16-13-25(14-17-28)19-21-45-34(41)11-5-6-20-47-37(43)44/h1,3,7-9,13-18,22,27,30-33,38-40H,2,4-6,10-12,19-21,23-24H2/t27-,30-,31-,32+,33-/m1/s1. The van der Waals surface area contributed by atoms with E-state index in [-0.39, 0.29) is 62.9 Å². The molecule has 1 aliphatic rings. The van der Waals surface area contributed by atoms with E-state index in [1.165, 1.54) is 0 Å². The first-order chi connectivity index (χ1) is 23.1. The molecule has 0 spiro atoms. The Labute approximate surface area is 285 Å². The van der Waals surface area contributed by atoms with Crippen molar-refractivity contribution >= 4 is 23.5 Å². The highest BCUT2D eigenvalue weighted by Gasteiger charge is 2.39. The molecule has 1 aliphatic carbocycles. The summed E-state index contributed by atoms with van der Waals surface area (Å²) in [5, 5.41) is 41.1. The van der Waals surface area contributed by atoms with Crippen molar-refractivity contribution in [3.05, 3.63) is 93.5 Å². The van der Waals surface area contributed by atoms with Gasteiger partial charge in [-0.3, -0.25) is 9.59 Å². The summed E-state index contributed by atoms with van der Waals surface area (Å²) in [7, 11) is 0. The number of carbonyl (C=O) groups is 2. The van der Waals surface area contributed by atoms with Crippen molar-refractivity contribution in [2.75, 3.05) is 19.8 Å². The lowest BCUT2D eigenvalue weighted by molar-refractivity contribution is -0.757. The second kappa shape index (κ2) is 21.1. The average molecular weight is 690 g/mol. The van der Waals surface area contributed by atoms with Crippen molar-refractivity contribution in [3.63, 3.8) is 0 Å². The van der Waals surface area contributed by atoms with E-state index in [1.807, 2.05) is 12.2 Å². The minimum absolute atomic E-state index is 0.0243. The fraction of sp³-hybridized carbons (Fsp3) is 0.486. The number of allylic oxidation sites excluding steroid dienone is 2. The van der Waals surface area contributed by atoms with Gasteiger partial charge in [-0.15, -0.1) is 10.1 Å². The summed E-state index contributed by atoms with van der Waals surface area (Å²) < 4.78 is 16.2. The van der Waals surface area contributed by atoms with Gasteiger partial charge in [0.1, 0.15) is 24.2 Å². The quantitative estimate of drug-likeness (QED) is 0.0393. The van der Waals surface area contributed by atoms with Crippen LogP contribution < -0.4 is 9.47 Å². The molecular formula is C35H44ClNO11. The topological polar surface area (TPSA) is 175 Å². The van der Waals surface area contributed by atoms with Crippen LogP contribution in [0.1, 0.15) is 56.9 Å². The van der Waals surface area contributed by atoms with Crippen molar-refractivity contribution in [1.29, 1.82) is 0 Å². The molecule has 262 valence electrons. The van der Waals surface area contributed by atoms with Gasteiger partial charge in [-0.05, 0) is 73.9 Å². The van der Waals surface area contributed by atoms with Gasteiger partial charge in [-0.1, -0.05) is 54.1 Å². The van der Waals surface area contributed by atoms with Crippen molar-refractivity contribution in [1.82, 2.24) is 0 Å². The first-order valence-electron chi connectivity index (χ1n) is 16.1. The normalized spacial score (nSPS) is 19.8. The molecule has 0 heterocycles. The van der Waals surface area contributed by atoms with Crippen LogP contribution in [0.3, 0.4) is 0 Å². The molecule has 0 unspecified atom stereocenters. The molecule has 12 nitrogen and oxygen atoms in total. The summed E-state index contributed by atoms with van der Waals surface area (Å²) in [4.78, 5) is 38.3. The molecule has 1 saturated carbocycles. The number of benzene rings is 2. The van der Waals surface area contributed by atoms with Crippen molar-refractivity contribution in [3.8, 4) is 11.5 Å². The molecule has 0 amide bonds. The SMILES string of the molecule is O=C(CCCCO[N+](=O)[O-])OCCc1ccc(OC(=O)CCCC=CC[C@@H]2[C@@H](C=C[C@@H](O)COc3cccc(Cl)c3)[C@H](O)C[C@@H]2O)cc1. The van der Waals surface area contributed by atoms with Crippen LogP contribution in [0, 0.1) is 22.0 Å². The van der Waals surface area contributed by atoms with E-state index in [1.54, 1.807) is 60.7 Å². The maximum Gasteiger partial charge on any atom is 0.311 e. The number of hydrogen-bond donors (Lipinski definition) is 3. The van der Waals surface area contributed by atoms with Crippen LogP contribution in [-0.2, 0) is 25.6 Å². The number of aliphatic hydroxyl groups is 3. The smallest absolute Gasteiger partial charge is 0.311 e. The number of carbonyl (C=O) groups excluding carboxylic acids is 2. The fourth-order valence-electron chi connectivity index (χ4n) is 5.26. The molecule has 3 N–H and O–H groups in total. The maximum atomic E-state index is 12.3. The van der Waals surface area contributed by atoms with Gasteiger partial charge in [0.2, 0.25) is 0 Å². The molecule has 0 radical (unpaired) electrons. The van der Waals surface area contributed by atoms with Crippen LogP contribution in [0.15, 0.2) is 72.8 Å². The maximum absolute atomic E-state index is 12.3. The highest BCUT2D eigenvalue weighted by Crippen LogP contribution is 2.36. The Kier molecular flexibility index (Phi) is 16.9. The molecule has 0 aliphatic heterocycles. The third kappa shape index (κ3) is 14.8. The lowest BCUT2D eigenvalue weighted by Gasteiger charge is -2.19. The van der Waals surface area contributed by atoms with Gasteiger partial charge < -0.3 is 34.4 Å². The van der Waals surface area contributed by atoms with Gasteiger partial charge in [-0.2, -0.15) is 0 Å². The third-order valence-electron chi connectivity index (χ3n) is 7.80. The molecule has 0 saturated heterocycles. The van der Waals surface area contributed by atoms with Gasteiger partial charge in [0.05, 0.1) is 25.4 Å². The van der Waals surface area contributed by atoms with Gasteiger partial charge in [-0.25, -0.2) is 0 Å². The predicted octanol–water partition coefficient (Wildman–Crippen LogP) is 5.18. The molecule has 2 aromatic carbocycles. The van der Waals surface area contributed by atoms with Crippen LogP contribution in [-0.4, -0.2) is 70.5 Å². The highest BCUT2D eigenvalue weighted by molar-refractivity contribution is 6.30. The zero-order chi connectivity index (χ0) is 34.7. The Balaban J connectivity index is 1.29. The number of nitrogens with zero attached hydrogens (tertiary/aromatic N) is 1. The highest BCUT2D eigenvalue weighted by atomic mass is 35.5. The lowest BCUT2D eigenvalue weighted by Crippen LogP contribution is -2.21. The van der Waals surface area contributed by atoms with Gasteiger partial charge in [0.25, 0.3) is 5.09 Å². The molecule has 0 aromatic heterocycles. The van der Waals surface area contributed by atoms with E-state index in [2.05, 4.69) is 4.84 Å². The van der Waals surface area contributed by atoms with Crippen LogP contribution in [0.2, 0.25) is 5.02 Å². The number of aliphatic hydroxyl groups excluding tert-OH is 3. The number of unbranched alkanes of at least 4 members (excludes halogenated alkanes) is 2. The summed E-state index contributed by atoms with van der Waals surface area (Å²) in [5.41, 5.74) is 0.906. The summed E-state index contributed by atoms with van der Waals surface area (Å²) in [5.74, 6) is -0.292. The Morgan fingerprint density at radius 2 is 1.75 bits per heavy atom. The second-order valence-corrected chi connectivity index (χ2v) is 12.0. The van der Waals surface area contributed by atoms with E-state index in [0.717, 1.165) is 5.56 Å². The van der Waals surface area contributed by atoms with Crippen LogP contribution in [0.25, 0.3) is 0 Å². The molecule has 1 fully saturated rings. The number of esters is 2. The first-order valence-corrected chi connectivity index (χ1v) is 16.5. The molecule has 3 rings (SSSR count). The van der Waals surface area contributed by atoms with Crippen molar-refractivity contribution in [2.24, 2.45) is 11.8 Å². The minimum Gasteiger partial charge on any atom is -0.491 e. The van der Waals surface area contributed by atoms with Crippen LogP contribution >= 0.6 is 11.6 Å². The molecule has 2 aromatic rings. The molecule has 48 heavy (non-hydrogen) atoms. The largest absolute Gasteiger partial charge is 0.491 e. The van der Waals surface area contributed by atoms with Gasteiger partial charge in [0, 0.05) is 36.6 Å². The average Bonchev–Trinajstić information content (AvgIpc) is 3.32. The first kappa shape index (κ1) is 38.5. The molecule has 0 bridgehead atoms. The van der Waals surface area contributed by atoms with E-state index in [4.69, 9.17) is 25.8 Å². The molecule has 5 atom stereocenters. The summed E-state index contributed by atoms with van der Waals surface area (Å²) in [6.45, 7) is 0.167. The van der Waals surface area contributed by atoms with E-state index < -0.39 is 23.4 Å². The summed E-state index contributed by atoms with van der Waals surface area (Å²) in [6, 6.07) is 13.8. The third-order valence-corrected chi connectivity index (χ3v) is 8.03. The minimum atomic E-state index is -0.893. The monoisotopic (exact) mass is 689 g/mol. The zero-order valence-electron chi connectivity index (χ0n) is 26.7. The lowest BCUT2D eigenvalue weighted by atomic mass is 9.89. The van der Waals surface area contributed by atoms with Crippen LogP contribution in [0.4, 0.5) is 0 Å².